The van der Waals surface area contributed by atoms with Gasteiger partial charge in [0.05, 0.1) is 6.04 Å². The SMILES string of the molecule is Cc1c(C(N)c2cc(F)ccc2F)oc2cc(Br)ccc12. The molecule has 21 heavy (non-hydrogen) atoms. The van der Waals surface area contributed by atoms with Crippen molar-refractivity contribution in [1.29, 1.82) is 0 Å². The zero-order chi connectivity index (χ0) is 15.1. The minimum Gasteiger partial charge on any atom is -0.459 e. The average molecular weight is 352 g/mol. The lowest BCUT2D eigenvalue weighted by Gasteiger charge is -2.11. The standard InChI is InChI=1S/C16H12BrF2NO/c1-8-11-4-2-9(17)6-14(11)21-16(8)15(20)12-7-10(18)3-5-13(12)19/h2-7,15H,20H2,1H3. The van der Waals surface area contributed by atoms with Crippen LogP contribution in [0.25, 0.3) is 11.0 Å². The Morgan fingerprint density at radius 1 is 1.14 bits per heavy atom. The molecule has 3 rings (SSSR count). The highest BCUT2D eigenvalue weighted by atomic mass is 79.9. The van der Waals surface area contributed by atoms with Crippen LogP contribution in [0, 0.1) is 18.6 Å². The van der Waals surface area contributed by atoms with E-state index in [1.807, 2.05) is 25.1 Å². The third-order valence-corrected chi connectivity index (χ3v) is 4.01. The molecule has 0 saturated heterocycles. The van der Waals surface area contributed by atoms with E-state index in [1.54, 1.807) is 0 Å². The monoisotopic (exact) mass is 351 g/mol. The molecule has 0 aliphatic heterocycles. The fourth-order valence-electron chi connectivity index (χ4n) is 2.41. The number of fused-ring (bicyclic) bond motifs is 1. The van der Waals surface area contributed by atoms with E-state index >= 15 is 0 Å². The molecule has 0 spiro atoms. The highest BCUT2D eigenvalue weighted by Crippen LogP contribution is 2.33. The molecule has 2 N–H and O–H groups in total. The molecule has 5 heteroatoms. The van der Waals surface area contributed by atoms with E-state index < -0.39 is 17.7 Å². The van der Waals surface area contributed by atoms with Crippen LogP contribution in [-0.2, 0) is 0 Å². The second kappa shape index (κ2) is 5.24. The predicted octanol–water partition coefficient (Wildman–Crippen LogP) is 4.83. The predicted molar refractivity (Wildman–Crippen MR) is 81.0 cm³/mol. The summed E-state index contributed by atoms with van der Waals surface area (Å²) in [6.07, 6.45) is 0. The van der Waals surface area contributed by atoms with Crippen LogP contribution < -0.4 is 5.73 Å². The maximum Gasteiger partial charge on any atom is 0.135 e. The maximum absolute atomic E-state index is 13.9. The number of nitrogens with two attached hydrogens (primary N) is 1. The first-order valence-electron chi connectivity index (χ1n) is 6.36. The van der Waals surface area contributed by atoms with Gasteiger partial charge in [-0.15, -0.1) is 0 Å². The summed E-state index contributed by atoms with van der Waals surface area (Å²) in [5.41, 5.74) is 7.64. The third kappa shape index (κ3) is 2.47. The highest BCUT2D eigenvalue weighted by molar-refractivity contribution is 9.10. The molecule has 0 amide bonds. The lowest BCUT2D eigenvalue weighted by atomic mass is 10.0. The van der Waals surface area contributed by atoms with Crippen molar-refractivity contribution in [2.24, 2.45) is 5.73 Å². The summed E-state index contributed by atoms with van der Waals surface area (Å²) in [5, 5.41) is 0.903. The molecule has 0 aliphatic rings. The van der Waals surface area contributed by atoms with Gasteiger partial charge in [0.15, 0.2) is 0 Å². The molecule has 0 fully saturated rings. The molecule has 1 unspecified atom stereocenters. The van der Waals surface area contributed by atoms with Gasteiger partial charge in [0.1, 0.15) is 23.0 Å². The lowest BCUT2D eigenvalue weighted by Crippen LogP contribution is -2.14. The average Bonchev–Trinajstić information content (AvgIpc) is 2.77. The Kier molecular flexibility index (Phi) is 3.55. The molecule has 1 heterocycles. The fraction of sp³-hybridized carbons (Fsp3) is 0.125. The van der Waals surface area contributed by atoms with E-state index in [4.69, 9.17) is 10.2 Å². The zero-order valence-corrected chi connectivity index (χ0v) is 12.7. The molecular weight excluding hydrogens is 340 g/mol. The van der Waals surface area contributed by atoms with Gasteiger partial charge in [-0.25, -0.2) is 8.78 Å². The van der Waals surface area contributed by atoms with Crippen molar-refractivity contribution in [3.8, 4) is 0 Å². The lowest BCUT2D eigenvalue weighted by molar-refractivity contribution is 0.503. The van der Waals surface area contributed by atoms with Crippen molar-refractivity contribution >= 4 is 26.9 Å². The Hall–Kier alpha value is -1.72. The van der Waals surface area contributed by atoms with Crippen LogP contribution in [0.5, 0.6) is 0 Å². The molecular formula is C16H12BrF2NO. The van der Waals surface area contributed by atoms with Crippen LogP contribution in [0.1, 0.15) is 22.9 Å². The van der Waals surface area contributed by atoms with Crippen molar-refractivity contribution in [2.45, 2.75) is 13.0 Å². The molecule has 0 radical (unpaired) electrons. The number of rotatable bonds is 2. The van der Waals surface area contributed by atoms with Gasteiger partial charge in [-0.05, 0) is 43.3 Å². The van der Waals surface area contributed by atoms with Gasteiger partial charge >= 0.3 is 0 Å². The van der Waals surface area contributed by atoms with Crippen molar-refractivity contribution in [2.75, 3.05) is 0 Å². The molecule has 0 bridgehead atoms. The number of hydrogen-bond acceptors (Lipinski definition) is 2. The Morgan fingerprint density at radius 3 is 2.67 bits per heavy atom. The molecule has 0 aliphatic carbocycles. The Bertz CT molecular complexity index is 829. The topological polar surface area (TPSA) is 39.2 Å². The van der Waals surface area contributed by atoms with Gasteiger partial charge in [0.2, 0.25) is 0 Å². The largest absolute Gasteiger partial charge is 0.459 e. The molecule has 1 aromatic heterocycles. The van der Waals surface area contributed by atoms with Crippen molar-refractivity contribution < 1.29 is 13.2 Å². The van der Waals surface area contributed by atoms with Gasteiger partial charge < -0.3 is 10.2 Å². The van der Waals surface area contributed by atoms with E-state index in [1.165, 1.54) is 0 Å². The first kappa shape index (κ1) is 14.2. The van der Waals surface area contributed by atoms with Crippen molar-refractivity contribution in [3.05, 3.63) is 69.4 Å². The third-order valence-electron chi connectivity index (χ3n) is 3.51. The van der Waals surface area contributed by atoms with E-state index in [0.717, 1.165) is 33.6 Å². The summed E-state index contributed by atoms with van der Waals surface area (Å²) in [7, 11) is 0. The number of aryl methyl sites for hydroxylation is 1. The van der Waals surface area contributed by atoms with E-state index in [9.17, 15) is 8.78 Å². The summed E-state index contributed by atoms with van der Waals surface area (Å²) in [5.74, 6) is -0.643. The van der Waals surface area contributed by atoms with E-state index in [2.05, 4.69) is 15.9 Å². The first-order valence-corrected chi connectivity index (χ1v) is 7.15. The van der Waals surface area contributed by atoms with Gasteiger partial charge in [0.25, 0.3) is 0 Å². The van der Waals surface area contributed by atoms with Gasteiger partial charge in [-0.1, -0.05) is 15.9 Å². The number of halogens is 3. The summed E-state index contributed by atoms with van der Waals surface area (Å²) in [6.45, 7) is 1.85. The normalized spacial score (nSPS) is 12.8. The maximum atomic E-state index is 13.9. The molecule has 2 nitrogen and oxygen atoms in total. The number of benzene rings is 2. The minimum absolute atomic E-state index is 0.0798. The molecule has 2 aromatic carbocycles. The van der Waals surface area contributed by atoms with Gasteiger partial charge in [-0.3, -0.25) is 0 Å². The van der Waals surface area contributed by atoms with Crippen LogP contribution in [0.15, 0.2) is 45.3 Å². The summed E-state index contributed by atoms with van der Waals surface area (Å²) in [6, 6.07) is 7.99. The van der Waals surface area contributed by atoms with Crippen LogP contribution in [0.4, 0.5) is 8.78 Å². The Labute approximate surface area is 128 Å². The molecule has 3 aromatic rings. The van der Waals surface area contributed by atoms with Crippen LogP contribution in [-0.4, -0.2) is 0 Å². The van der Waals surface area contributed by atoms with E-state index in [-0.39, 0.29) is 5.56 Å². The fourth-order valence-corrected chi connectivity index (χ4v) is 2.75. The Morgan fingerprint density at radius 2 is 1.90 bits per heavy atom. The summed E-state index contributed by atoms with van der Waals surface area (Å²) in [4.78, 5) is 0. The smallest absolute Gasteiger partial charge is 0.135 e. The van der Waals surface area contributed by atoms with Gasteiger partial charge in [0, 0.05) is 21.0 Å². The summed E-state index contributed by atoms with van der Waals surface area (Å²) >= 11 is 3.37. The summed E-state index contributed by atoms with van der Waals surface area (Å²) < 4.78 is 33.8. The van der Waals surface area contributed by atoms with Crippen LogP contribution in [0.2, 0.25) is 0 Å². The van der Waals surface area contributed by atoms with Gasteiger partial charge in [-0.2, -0.15) is 0 Å². The van der Waals surface area contributed by atoms with Crippen LogP contribution >= 0.6 is 15.9 Å². The molecule has 0 saturated carbocycles. The van der Waals surface area contributed by atoms with Crippen molar-refractivity contribution in [3.63, 3.8) is 0 Å². The second-order valence-corrected chi connectivity index (χ2v) is 5.79. The second-order valence-electron chi connectivity index (χ2n) is 4.88. The highest BCUT2D eigenvalue weighted by Gasteiger charge is 2.21. The Balaban J connectivity index is 2.15. The number of hydrogen-bond donors (Lipinski definition) is 1. The van der Waals surface area contributed by atoms with Crippen LogP contribution in [0.3, 0.4) is 0 Å². The molecule has 1 atom stereocenters. The molecule has 108 valence electrons. The van der Waals surface area contributed by atoms with Crippen molar-refractivity contribution in [1.82, 2.24) is 0 Å². The zero-order valence-electron chi connectivity index (χ0n) is 11.2. The first-order chi connectivity index (χ1) is 9.97. The van der Waals surface area contributed by atoms with E-state index in [0.29, 0.717) is 11.3 Å². The number of furan rings is 1. The quantitative estimate of drug-likeness (QED) is 0.718. The minimum atomic E-state index is -0.855.